The molecule has 0 atom stereocenters. The van der Waals surface area contributed by atoms with E-state index in [0.29, 0.717) is 6.54 Å². The molecule has 0 fully saturated rings. The minimum atomic E-state index is 0.122. The number of thiophene rings is 1. The van der Waals surface area contributed by atoms with E-state index in [4.69, 9.17) is 0 Å². The molecule has 2 aromatic carbocycles. The Bertz CT molecular complexity index is 703. The predicted molar refractivity (Wildman–Crippen MR) is 81.1 cm³/mol. The van der Waals surface area contributed by atoms with Crippen LogP contribution < -0.4 is 5.32 Å². The summed E-state index contributed by atoms with van der Waals surface area (Å²) in [6, 6.07) is 17.7. The molecule has 0 spiro atoms. The van der Waals surface area contributed by atoms with Crippen molar-refractivity contribution in [2.24, 2.45) is 0 Å². The van der Waals surface area contributed by atoms with Gasteiger partial charge in [0, 0.05) is 16.0 Å². The molecule has 0 unspecified atom stereocenters. The summed E-state index contributed by atoms with van der Waals surface area (Å²) in [6.07, 6.45) is 0. The minimum Gasteiger partial charge on any atom is -0.378 e. The van der Waals surface area contributed by atoms with E-state index < -0.39 is 0 Å². The van der Waals surface area contributed by atoms with Crippen LogP contribution >= 0.6 is 11.3 Å². The molecule has 2 nitrogen and oxygen atoms in total. The van der Waals surface area contributed by atoms with Crippen molar-refractivity contribution in [3.05, 3.63) is 65.5 Å². The largest absolute Gasteiger partial charge is 0.378 e. The van der Waals surface area contributed by atoms with Crippen LogP contribution in [-0.2, 0) is 0 Å². The number of carbonyl (C=O) groups is 1. The number of para-hydroxylation sites is 1. The Balaban J connectivity index is 1.79. The summed E-state index contributed by atoms with van der Waals surface area (Å²) in [5.74, 6) is 0.122. The molecule has 1 heterocycles. The zero-order chi connectivity index (χ0) is 13.1. The van der Waals surface area contributed by atoms with E-state index >= 15 is 0 Å². The predicted octanol–water partition coefficient (Wildman–Crippen LogP) is 4.20. The van der Waals surface area contributed by atoms with Gasteiger partial charge in [0.2, 0.25) is 0 Å². The van der Waals surface area contributed by atoms with Gasteiger partial charge in [0.1, 0.15) is 0 Å². The van der Waals surface area contributed by atoms with Crippen molar-refractivity contribution >= 4 is 32.9 Å². The summed E-state index contributed by atoms with van der Waals surface area (Å²) >= 11 is 1.62. The molecular formula is C16H13NOS. The Morgan fingerprint density at radius 3 is 2.68 bits per heavy atom. The molecule has 0 saturated heterocycles. The van der Waals surface area contributed by atoms with E-state index in [-0.39, 0.29) is 5.78 Å². The fraction of sp³-hybridized carbons (Fsp3) is 0.0625. The van der Waals surface area contributed by atoms with Crippen LogP contribution in [0.3, 0.4) is 0 Å². The lowest BCUT2D eigenvalue weighted by Gasteiger charge is -2.06. The van der Waals surface area contributed by atoms with Crippen LogP contribution in [0.5, 0.6) is 0 Å². The second kappa shape index (κ2) is 5.24. The number of hydrogen-bond donors (Lipinski definition) is 1. The molecule has 3 heteroatoms. The second-order valence-corrected chi connectivity index (χ2v) is 5.20. The van der Waals surface area contributed by atoms with E-state index in [0.717, 1.165) is 21.3 Å². The molecule has 1 aromatic heterocycles. The number of anilines is 1. The Kier molecular flexibility index (Phi) is 3.29. The number of rotatable bonds is 4. The van der Waals surface area contributed by atoms with Crippen molar-refractivity contribution in [2.45, 2.75) is 0 Å². The standard InChI is InChI=1S/C16H13NOS/c18-15(11-17-13-6-2-1-3-7-13)14-8-4-5-12-9-10-19-16(12)14/h1-10,17H,11H2. The fourth-order valence-corrected chi connectivity index (χ4v) is 2.98. The van der Waals surface area contributed by atoms with Gasteiger partial charge in [0.05, 0.1) is 6.54 Å². The first-order valence-electron chi connectivity index (χ1n) is 6.13. The van der Waals surface area contributed by atoms with Crippen LogP contribution in [0.2, 0.25) is 0 Å². The van der Waals surface area contributed by atoms with Crippen molar-refractivity contribution in [3.63, 3.8) is 0 Å². The highest BCUT2D eigenvalue weighted by Gasteiger charge is 2.10. The number of carbonyl (C=O) groups excluding carboxylic acids is 1. The molecule has 94 valence electrons. The summed E-state index contributed by atoms with van der Waals surface area (Å²) in [5.41, 5.74) is 1.77. The van der Waals surface area contributed by atoms with Crippen LogP contribution in [0.4, 0.5) is 5.69 Å². The molecule has 0 aliphatic carbocycles. The maximum absolute atomic E-state index is 12.3. The topological polar surface area (TPSA) is 29.1 Å². The zero-order valence-corrected chi connectivity index (χ0v) is 11.1. The van der Waals surface area contributed by atoms with Crippen molar-refractivity contribution in [1.82, 2.24) is 0 Å². The lowest BCUT2D eigenvalue weighted by Crippen LogP contribution is -2.13. The highest BCUT2D eigenvalue weighted by molar-refractivity contribution is 7.17. The molecule has 3 rings (SSSR count). The number of ketones is 1. The molecule has 19 heavy (non-hydrogen) atoms. The number of fused-ring (bicyclic) bond motifs is 1. The number of benzene rings is 2. The van der Waals surface area contributed by atoms with Crippen molar-refractivity contribution in [2.75, 3.05) is 11.9 Å². The van der Waals surface area contributed by atoms with Gasteiger partial charge in [-0.3, -0.25) is 4.79 Å². The van der Waals surface area contributed by atoms with E-state index in [9.17, 15) is 4.79 Å². The van der Waals surface area contributed by atoms with Gasteiger partial charge in [0.25, 0.3) is 0 Å². The quantitative estimate of drug-likeness (QED) is 0.718. The molecule has 0 aliphatic rings. The zero-order valence-electron chi connectivity index (χ0n) is 10.3. The molecular weight excluding hydrogens is 254 g/mol. The first-order valence-corrected chi connectivity index (χ1v) is 7.01. The maximum Gasteiger partial charge on any atom is 0.183 e. The lowest BCUT2D eigenvalue weighted by molar-refractivity contribution is 0.101. The van der Waals surface area contributed by atoms with Crippen LogP contribution in [0.25, 0.3) is 10.1 Å². The van der Waals surface area contributed by atoms with Crippen LogP contribution in [0.1, 0.15) is 10.4 Å². The Labute approximate surface area is 115 Å². The molecule has 3 aromatic rings. The van der Waals surface area contributed by atoms with Crippen LogP contribution in [0.15, 0.2) is 60.0 Å². The Morgan fingerprint density at radius 2 is 1.84 bits per heavy atom. The number of hydrogen-bond acceptors (Lipinski definition) is 3. The molecule has 0 bridgehead atoms. The first-order chi connectivity index (χ1) is 9.34. The monoisotopic (exact) mass is 267 g/mol. The molecule has 1 N–H and O–H groups in total. The van der Waals surface area contributed by atoms with Crippen LogP contribution in [0, 0.1) is 0 Å². The maximum atomic E-state index is 12.3. The number of Topliss-reactive ketones (excluding diaryl/α,β-unsaturated/α-hetero) is 1. The Morgan fingerprint density at radius 1 is 1.00 bits per heavy atom. The van der Waals surface area contributed by atoms with E-state index in [1.54, 1.807) is 11.3 Å². The van der Waals surface area contributed by atoms with Gasteiger partial charge in [-0.2, -0.15) is 0 Å². The highest BCUT2D eigenvalue weighted by Crippen LogP contribution is 2.25. The van der Waals surface area contributed by atoms with E-state index in [2.05, 4.69) is 5.32 Å². The van der Waals surface area contributed by atoms with Gasteiger partial charge in [-0.05, 0) is 35.0 Å². The minimum absolute atomic E-state index is 0.122. The summed E-state index contributed by atoms with van der Waals surface area (Å²) < 4.78 is 1.07. The van der Waals surface area contributed by atoms with Crippen molar-refractivity contribution in [1.29, 1.82) is 0 Å². The molecule has 0 aliphatic heterocycles. The average Bonchev–Trinajstić information content (AvgIpc) is 2.94. The van der Waals surface area contributed by atoms with Gasteiger partial charge in [-0.25, -0.2) is 0 Å². The summed E-state index contributed by atoms with van der Waals surface area (Å²) in [5, 5.41) is 6.31. The third kappa shape index (κ3) is 2.51. The Hall–Kier alpha value is -2.13. The average molecular weight is 267 g/mol. The smallest absolute Gasteiger partial charge is 0.183 e. The summed E-state index contributed by atoms with van der Waals surface area (Å²) in [7, 11) is 0. The summed E-state index contributed by atoms with van der Waals surface area (Å²) in [4.78, 5) is 12.3. The normalized spacial score (nSPS) is 10.5. The molecule has 0 radical (unpaired) electrons. The van der Waals surface area contributed by atoms with Gasteiger partial charge in [-0.15, -0.1) is 11.3 Å². The van der Waals surface area contributed by atoms with E-state index in [1.807, 2.05) is 60.0 Å². The van der Waals surface area contributed by atoms with E-state index in [1.165, 1.54) is 0 Å². The number of nitrogens with one attached hydrogen (secondary N) is 1. The first kappa shape index (κ1) is 11.9. The van der Waals surface area contributed by atoms with Gasteiger partial charge < -0.3 is 5.32 Å². The third-order valence-electron chi connectivity index (χ3n) is 3.01. The molecule has 0 amide bonds. The molecule has 0 saturated carbocycles. The second-order valence-electron chi connectivity index (χ2n) is 4.29. The van der Waals surface area contributed by atoms with Gasteiger partial charge >= 0.3 is 0 Å². The summed E-state index contributed by atoms with van der Waals surface area (Å²) in [6.45, 7) is 0.320. The lowest BCUT2D eigenvalue weighted by atomic mass is 10.1. The third-order valence-corrected chi connectivity index (χ3v) is 3.97. The SMILES string of the molecule is O=C(CNc1ccccc1)c1cccc2ccsc12. The highest BCUT2D eigenvalue weighted by atomic mass is 32.1. The fourth-order valence-electron chi connectivity index (χ4n) is 2.05. The van der Waals surface area contributed by atoms with Crippen molar-refractivity contribution < 1.29 is 4.79 Å². The van der Waals surface area contributed by atoms with Gasteiger partial charge in [-0.1, -0.05) is 30.3 Å². The van der Waals surface area contributed by atoms with Crippen molar-refractivity contribution in [3.8, 4) is 0 Å². The van der Waals surface area contributed by atoms with Gasteiger partial charge in [0.15, 0.2) is 5.78 Å². The van der Waals surface area contributed by atoms with Crippen LogP contribution in [-0.4, -0.2) is 12.3 Å².